The van der Waals surface area contributed by atoms with Gasteiger partial charge in [-0.05, 0) is 148 Å². The van der Waals surface area contributed by atoms with E-state index in [-0.39, 0.29) is 29.4 Å². The summed E-state index contributed by atoms with van der Waals surface area (Å²) in [5, 5.41) is 6.18. The van der Waals surface area contributed by atoms with Crippen LogP contribution in [-0.2, 0) is 32.3 Å². The van der Waals surface area contributed by atoms with Crippen LogP contribution in [0, 0.1) is 5.82 Å². The van der Waals surface area contributed by atoms with Crippen molar-refractivity contribution in [3.8, 4) is 0 Å². The van der Waals surface area contributed by atoms with E-state index in [1.165, 1.54) is 12.1 Å². The van der Waals surface area contributed by atoms with Gasteiger partial charge < -0.3 is 25.3 Å². The molecule has 11 nitrogen and oxygen atoms in total. The van der Waals surface area contributed by atoms with Crippen LogP contribution >= 0.6 is 0 Å². The van der Waals surface area contributed by atoms with Crippen molar-refractivity contribution in [3.05, 3.63) is 162 Å². The molecular formula is C54H60FN7O4. The highest BCUT2D eigenvalue weighted by Gasteiger charge is 2.42. The van der Waals surface area contributed by atoms with Crippen LogP contribution in [0.25, 0.3) is 0 Å². The fraction of sp³-hybridized carbons (Fsp3) is 0.370. The van der Waals surface area contributed by atoms with Gasteiger partial charge in [-0.2, -0.15) is 0 Å². The van der Waals surface area contributed by atoms with Crippen molar-refractivity contribution in [2.45, 2.75) is 88.6 Å². The minimum absolute atomic E-state index is 0.00877. The lowest BCUT2D eigenvalue weighted by Gasteiger charge is -2.33. The molecular weight excluding hydrogens is 830 g/mol. The summed E-state index contributed by atoms with van der Waals surface area (Å²) in [7, 11) is 0. The highest BCUT2D eigenvalue weighted by Crippen LogP contribution is 2.33. The van der Waals surface area contributed by atoms with Crippen LogP contribution in [-0.4, -0.2) is 94.6 Å². The van der Waals surface area contributed by atoms with Gasteiger partial charge in [-0.1, -0.05) is 84.9 Å². The first kappa shape index (κ1) is 44.8. The highest BCUT2D eigenvalue weighted by atomic mass is 19.1. The smallest absolute Gasteiger partial charge is 0.247 e. The zero-order valence-electron chi connectivity index (χ0n) is 37.6. The maximum absolute atomic E-state index is 14.2. The Bertz CT molecular complexity index is 2280. The number of anilines is 3. The second kappa shape index (κ2) is 20.9. The normalized spacial score (nSPS) is 19.7. The van der Waals surface area contributed by atoms with E-state index in [0.717, 1.165) is 92.6 Å². The van der Waals surface area contributed by atoms with E-state index in [2.05, 4.69) is 25.3 Å². The van der Waals surface area contributed by atoms with Gasteiger partial charge in [-0.25, -0.2) is 4.39 Å². The summed E-state index contributed by atoms with van der Waals surface area (Å²) >= 11 is 0. The number of amides is 4. The fourth-order valence-corrected chi connectivity index (χ4v) is 10.4. The number of carbonyl (C=O) groups is 4. The molecule has 4 aliphatic rings. The van der Waals surface area contributed by atoms with Gasteiger partial charge in [-0.15, -0.1) is 0 Å². The predicted molar refractivity (Wildman–Crippen MR) is 256 cm³/mol. The molecule has 5 aromatic rings. The second-order valence-corrected chi connectivity index (χ2v) is 18.2. The Balaban J connectivity index is 0.831. The van der Waals surface area contributed by atoms with Crippen LogP contribution in [0.5, 0.6) is 0 Å². The van der Waals surface area contributed by atoms with Crippen LogP contribution in [0.3, 0.4) is 0 Å². The first-order valence-electron chi connectivity index (χ1n) is 23.8. The van der Waals surface area contributed by atoms with Gasteiger partial charge in [0.1, 0.15) is 30.0 Å². The summed E-state index contributed by atoms with van der Waals surface area (Å²) in [6.45, 7) is 5.60. The van der Waals surface area contributed by atoms with Crippen molar-refractivity contribution in [2.75, 3.05) is 54.8 Å². The number of nitrogens with zero attached hydrogens (tertiary/aromatic N) is 5. The van der Waals surface area contributed by atoms with Crippen LogP contribution in [0.15, 0.2) is 133 Å². The average Bonchev–Trinajstić information content (AvgIpc) is 4.21. The van der Waals surface area contributed by atoms with E-state index in [1.807, 2.05) is 109 Å². The topological polar surface area (TPSA) is 109 Å². The number of rotatable bonds is 15. The predicted octanol–water partition coefficient (Wildman–Crippen LogP) is 8.57. The summed E-state index contributed by atoms with van der Waals surface area (Å²) in [5.74, 6) is -0.700. The van der Waals surface area contributed by atoms with Crippen LogP contribution in [0.2, 0.25) is 0 Å². The van der Waals surface area contributed by atoms with E-state index in [0.29, 0.717) is 50.4 Å². The molecule has 2 unspecified atom stereocenters. The van der Waals surface area contributed by atoms with Gasteiger partial charge in [0.15, 0.2) is 0 Å². The first-order chi connectivity index (χ1) is 32.3. The molecule has 4 aliphatic heterocycles. The lowest BCUT2D eigenvalue weighted by atomic mass is 10.0. The largest absolute Gasteiger partial charge is 0.363 e. The van der Waals surface area contributed by atoms with Crippen molar-refractivity contribution in [1.29, 1.82) is 0 Å². The molecule has 0 aliphatic carbocycles. The first-order valence-corrected chi connectivity index (χ1v) is 23.8. The zero-order chi connectivity index (χ0) is 45.4. The summed E-state index contributed by atoms with van der Waals surface area (Å²) in [4.78, 5) is 66.2. The van der Waals surface area contributed by atoms with Crippen LogP contribution in [0.4, 0.5) is 21.5 Å². The van der Waals surface area contributed by atoms with E-state index < -0.39 is 24.2 Å². The van der Waals surface area contributed by atoms with Crippen molar-refractivity contribution in [1.82, 2.24) is 19.6 Å². The molecule has 5 aromatic carbocycles. The molecule has 66 heavy (non-hydrogen) atoms. The van der Waals surface area contributed by atoms with Crippen molar-refractivity contribution in [2.24, 2.45) is 0 Å². The number of carbonyl (C=O) groups excluding carboxylic acids is 4. The van der Waals surface area contributed by atoms with Gasteiger partial charge in [0, 0.05) is 43.2 Å². The van der Waals surface area contributed by atoms with Crippen molar-refractivity contribution in [3.63, 3.8) is 0 Å². The average molecular weight is 890 g/mol. The molecule has 0 bridgehead atoms. The van der Waals surface area contributed by atoms with Gasteiger partial charge >= 0.3 is 0 Å². The van der Waals surface area contributed by atoms with Gasteiger partial charge in [0.05, 0.1) is 0 Å². The van der Waals surface area contributed by atoms with Gasteiger partial charge in [0.25, 0.3) is 0 Å². The Morgan fingerprint density at radius 1 is 0.500 bits per heavy atom. The quantitative estimate of drug-likeness (QED) is 0.109. The number of hydrogen-bond donors (Lipinski definition) is 2. The molecule has 4 atom stereocenters. The molecule has 2 N–H and O–H groups in total. The van der Waals surface area contributed by atoms with Crippen molar-refractivity contribution >= 4 is 40.7 Å². The molecule has 4 heterocycles. The zero-order valence-corrected chi connectivity index (χ0v) is 37.6. The van der Waals surface area contributed by atoms with Gasteiger partial charge in [0.2, 0.25) is 23.6 Å². The molecule has 0 radical (unpaired) electrons. The Hall–Kier alpha value is -6.37. The number of hydrogen-bond acceptors (Lipinski definition) is 7. The molecule has 4 fully saturated rings. The number of benzene rings is 5. The standard InChI is InChI=1S/C54H60FN7O4/c55-43-23-29-46(30-24-43)60(37-39-19-25-44(26-20-39)56-51(63)47-17-11-35-61(47)53(65)49(58-31-7-8-32-58)41-13-3-1-4-14-41)38-40-21-27-45(28-22-40)57-52(64)48-18-12-36-62(48)54(66)50(59-33-9-10-34-59)42-15-5-2-6-16-42/h1-6,13-16,19-30,47-50H,7-12,17-18,31-38H2,(H,56,63)(H,57,64)/t47?,48?,49-,50-/m1/s1. The minimum Gasteiger partial charge on any atom is -0.363 e. The lowest BCUT2D eigenvalue weighted by molar-refractivity contribution is -0.141. The summed E-state index contributed by atoms with van der Waals surface area (Å²) in [5.41, 5.74) is 6.06. The van der Waals surface area contributed by atoms with Crippen LogP contribution < -0.4 is 15.5 Å². The van der Waals surface area contributed by atoms with Gasteiger partial charge in [-0.3, -0.25) is 29.0 Å². The van der Waals surface area contributed by atoms with E-state index in [1.54, 1.807) is 21.9 Å². The minimum atomic E-state index is -0.543. The summed E-state index contributed by atoms with van der Waals surface area (Å²) < 4.78 is 14.1. The number of likely N-dealkylation sites (tertiary alicyclic amines) is 4. The third-order valence-corrected chi connectivity index (χ3v) is 13.8. The highest BCUT2D eigenvalue weighted by molar-refractivity contribution is 5.99. The van der Waals surface area contributed by atoms with Crippen molar-refractivity contribution < 1.29 is 23.6 Å². The van der Waals surface area contributed by atoms with E-state index >= 15 is 0 Å². The summed E-state index contributed by atoms with van der Waals surface area (Å²) in [6.07, 6.45) is 7.04. The SMILES string of the molecule is O=C(Nc1ccc(CN(Cc2ccc(NC(=O)C3CCCN3C(=O)[C@@H](c3ccccc3)N3CCCC3)cc2)c2ccc(F)cc2)cc1)C1CCCN1C(=O)[C@@H](c1ccccc1)N1CCCC1. The van der Waals surface area contributed by atoms with E-state index in [4.69, 9.17) is 0 Å². The molecule has 4 amide bonds. The third-order valence-electron chi connectivity index (χ3n) is 13.8. The molecule has 342 valence electrons. The molecule has 0 aromatic heterocycles. The third kappa shape index (κ3) is 10.3. The monoisotopic (exact) mass is 889 g/mol. The van der Waals surface area contributed by atoms with E-state index in [9.17, 15) is 23.6 Å². The van der Waals surface area contributed by atoms with Crippen LogP contribution in [0.1, 0.15) is 85.7 Å². The maximum atomic E-state index is 14.2. The molecule has 12 heteroatoms. The number of halogens is 1. The Morgan fingerprint density at radius 3 is 1.29 bits per heavy atom. The Morgan fingerprint density at radius 2 is 0.894 bits per heavy atom. The second-order valence-electron chi connectivity index (χ2n) is 18.2. The lowest BCUT2D eigenvalue weighted by Crippen LogP contribution is -2.48. The number of nitrogens with one attached hydrogen (secondary N) is 2. The fourth-order valence-electron chi connectivity index (χ4n) is 10.4. The Kier molecular flexibility index (Phi) is 14.2. The molecule has 0 saturated carbocycles. The molecule has 9 rings (SSSR count). The maximum Gasteiger partial charge on any atom is 0.247 e. The Labute approximate surface area is 387 Å². The summed E-state index contributed by atoms with van der Waals surface area (Å²) in [6, 6.07) is 39.9. The molecule has 4 saturated heterocycles. The molecule has 0 spiro atoms.